The molecular formula is C8H14N2O. The van der Waals surface area contributed by atoms with Gasteiger partial charge in [-0.05, 0) is 31.9 Å². The van der Waals surface area contributed by atoms with Gasteiger partial charge in [-0.25, -0.2) is 0 Å². The summed E-state index contributed by atoms with van der Waals surface area (Å²) in [6, 6.07) is 0. The number of rotatable bonds is 7. The van der Waals surface area contributed by atoms with Crippen LogP contribution in [0.15, 0.2) is 0 Å². The Hall–Kier alpha value is -0.990. The first-order valence-electron chi connectivity index (χ1n) is 3.82. The lowest BCUT2D eigenvalue weighted by Gasteiger charge is -1.95. The summed E-state index contributed by atoms with van der Waals surface area (Å²) in [5, 5.41) is 13.7. The predicted octanol–water partition coefficient (Wildman–Crippen LogP) is 1.81. The summed E-state index contributed by atoms with van der Waals surface area (Å²) < 4.78 is 0. The van der Waals surface area contributed by atoms with Crippen molar-refractivity contribution < 1.29 is 4.79 Å². The van der Waals surface area contributed by atoms with E-state index in [-0.39, 0.29) is 5.71 Å². The van der Waals surface area contributed by atoms with E-state index in [9.17, 15) is 4.79 Å². The molecule has 0 spiro atoms. The molecule has 62 valence electrons. The molecule has 0 aromatic carbocycles. The van der Waals surface area contributed by atoms with E-state index in [4.69, 9.17) is 10.8 Å². The molecule has 3 heteroatoms. The second-order valence-corrected chi connectivity index (χ2v) is 2.45. The summed E-state index contributed by atoms with van der Waals surface area (Å²) in [6.07, 6.45) is 6.28. The number of carbonyl (C=O) groups is 1. The third kappa shape index (κ3) is 6.90. The van der Waals surface area contributed by atoms with E-state index in [1.807, 2.05) is 0 Å². The van der Waals surface area contributed by atoms with Crippen LogP contribution in [0.3, 0.4) is 0 Å². The standard InChI is InChI=1S/C8H14N2O/c9-6-4-2-1-3-5-8(10)7-11/h6-7,9-10H,1-5H2. The Morgan fingerprint density at radius 1 is 1.27 bits per heavy atom. The molecule has 0 saturated carbocycles. The van der Waals surface area contributed by atoms with E-state index in [0.29, 0.717) is 12.7 Å². The number of hydrogen-bond acceptors (Lipinski definition) is 3. The second kappa shape index (κ2) is 7.12. The number of nitrogens with one attached hydrogen (secondary N) is 2. The van der Waals surface area contributed by atoms with Crippen molar-refractivity contribution >= 4 is 18.2 Å². The van der Waals surface area contributed by atoms with E-state index in [0.717, 1.165) is 25.7 Å². The molecule has 0 rings (SSSR count). The number of aldehydes is 1. The normalized spacial score (nSPS) is 9.09. The molecule has 0 bridgehead atoms. The van der Waals surface area contributed by atoms with E-state index >= 15 is 0 Å². The van der Waals surface area contributed by atoms with Crippen LogP contribution in [0.4, 0.5) is 0 Å². The summed E-state index contributed by atoms with van der Waals surface area (Å²) in [5.74, 6) is 0. The molecular weight excluding hydrogens is 140 g/mol. The van der Waals surface area contributed by atoms with Crippen molar-refractivity contribution in [1.29, 1.82) is 10.8 Å². The first-order valence-corrected chi connectivity index (χ1v) is 3.82. The van der Waals surface area contributed by atoms with Gasteiger partial charge < -0.3 is 10.8 Å². The third-order valence-electron chi connectivity index (χ3n) is 1.44. The first-order chi connectivity index (χ1) is 5.31. The second-order valence-electron chi connectivity index (χ2n) is 2.45. The summed E-state index contributed by atoms with van der Waals surface area (Å²) in [6.45, 7) is 0. The number of carbonyl (C=O) groups excluding carboxylic acids is 1. The fraction of sp³-hybridized carbons (Fsp3) is 0.625. The van der Waals surface area contributed by atoms with Gasteiger partial charge in [0.2, 0.25) is 0 Å². The van der Waals surface area contributed by atoms with Gasteiger partial charge in [-0.1, -0.05) is 6.42 Å². The molecule has 0 saturated heterocycles. The van der Waals surface area contributed by atoms with Crippen LogP contribution in [0.5, 0.6) is 0 Å². The van der Waals surface area contributed by atoms with Crippen LogP contribution in [-0.4, -0.2) is 18.2 Å². The molecule has 0 fully saturated rings. The third-order valence-corrected chi connectivity index (χ3v) is 1.44. The lowest BCUT2D eigenvalue weighted by Crippen LogP contribution is -1.96. The van der Waals surface area contributed by atoms with Crippen molar-refractivity contribution in [3.8, 4) is 0 Å². The van der Waals surface area contributed by atoms with Crippen LogP contribution >= 0.6 is 0 Å². The molecule has 0 atom stereocenters. The van der Waals surface area contributed by atoms with Gasteiger partial charge >= 0.3 is 0 Å². The zero-order valence-corrected chi connectivity index (χ0v) is 6.60. The summed E-state index contributed by atoms with van der Waals surface area (Å²) in [5.41, 5.74) is 0.180. The average molecular weight is 154 g/mol. The van der Waals surface area contributed by atoms with Crippen LogP contribution in [-0.2, 0) is 4.79 Å². The van der Waals surface area contributed by atoms with Crippen LogP contribution in [0.25, 0.3) is 0 Å². The molecule has 0 radical (unpaired) electrons. The molecule has 0 amide bonds. The Balaban J connectivity index is 3.07. The van der Waals surface area contributed by atoms with Crippen LogP contribution in [0.1, 0.15) is 32.1 Å². The van der Waals surface area contributed by atoms with Crippen molar-refractivity contribution in [3.05, 3.63) is 0 Å². The maximum atomic E-state index is 9.96. The maximum Gasteiger partial charge on any atom is 0.163 e. The molecule has 0 aliphatic heterocycles. The minimum atomic E-state index is 0.180. The van der Waals surface area contributed by atoms with Crippen molar-refractivity contribution in [2.45, 2.75) is 32.1 Å². The minimum Gasteiger partial charge on any atom is -0.313 e. The van der Waals surface area contributed by atoms with Gasteiger partial charge in [0.25, 0.3) is 0 Å². The van der Waals surface area contributed by atoms with Crippen LogP contribution in [0, 0.1) is 10.8 Å². The zero-order valence-electron chi connectivity index (χ0n) is 6.60. The molecule has 3 nitrogen and oxygen atoms in total. The van der Waals surface area contributed by atoms with Gasteiger partial charge in [-0.3, -0.25) is 4.79 Å². The summed E-state index contributed by atoms with van der Waals surface area (Å²) >= 11 is 0. The fourth-order valence-corrected chi connectivity index (χ4v) is 0.798. The van der Waals surface area contributed by atoms with Gasteiger partial charge in [-0.2, -0.15) is 0 Å². The van der Waals surface area contributed by atoms with E-state index in [2.05, 4.69) is 0 Å². The van der Waals surface area contributed by atoms with Crippen molar-refractivity contribution in [2.24, 2.45) is 0 Å². The van der Waals surface area contributed by atoms with E-state index in [1.54, 1.807) is 0 Å². The average Bonchev–Trinajstić information content (AvgIpc) is 2.04. The molecule has 0 heterocycles. The topological polar surface area (TPSA) is 64.8 Å². The predicted molar refractivity (Wildman–Crippen MR) is 45.7 cm³/mol. The summed E-state index contributed by atoms with van der Waals surface area (Å²) in [4.78, 5) is 9.96. The molecule has 0 aliphatic rings. The van der Waals surface area contributed by atoms with Crippen molar-refractivity contribution in [2.75, 3.05) is 0 Å². The first kappa shape index (κ1) is 10.0. The van der Waals surface area contributed by atoms with E-state index < -0.39 is 0 Å². The highest BCUT2D eigenvalue weighted by Gasteiger charge is 1.93. The highest BCUT2D eigenvalue weighted by Crippen LogP contribution is 2.01. The molecule has 0 aromatic heterocycles. The zero-order chi connectivity index (χ0) is 8.53. The van der Waals surface area contributed by atoms with Crippen LogP contribution < -0.4 is 0 Å². The lowest BCUT2D eigenvalue weighted by molar-refractivity contribution is -0.102. The highest BCUT2D eigenvalue weighted by molar-refractivity contribution is 6.26. The quantitative estimate of drug-likeness (QED) is 0.328. The van der Waals surface area contributed by atoms with Crippen LogP contribution in [0.2, 0.25) is 0 Å². The summed E-state index contributed by atoms with van der Waals surface area (Å²) in [7, 11) is 0. The molecule has 0 unspecified atom stereocenters. The minimum absolute atomic E-state index is 0.180. The molecule has 0 aliphatic carbocycles. The van der Waals surface area contributed by atoms with Gasteiger partial charge in [0.15, 0.2) is 6.29 Å². The Morgan fingerprint density at radius 2 is 2.00 bits per heavy atom. The molecule has 11 heavy (non-hydrogen) atoms. The smallest absolute Gasteiger partial charge is 0.163 e. The lowest BCUT2D eigenvalue weighted by atomic mass is 10.1. The van der Waals surface area contributed by atoms with Gasteiger partial charge in [0.05, 0.1) is 5.71 Å². The SMILES string of the molecule is N=CCCCCCC(=N)C=O. The largest absolute Gasteiger partial charge is 0.313 e. The number of hydrogen-bond donors (Lipinski definition) is 2. The molecule has 2 N–H and O–H groups in total. The fourth-order valence-electron chi connectivity index (χ4n) is 0.798. The van der Waals surface area contributed by atoms with Crippen molar-refractivity contribution in [1.82, 2.24) is 0 Å². The van der Waals surface area contributed by atoms with Gasteiger partial charge in [0, 0.05) is 0 Å². The van der Waals surface area contributed by atoms with Crippen molar-refractivity contribution in [3.63, 3.8) is 0 Å². The van der Waals surface area contributed by atoms with Gasteiger partial charge in [0.1, 0.15) is 0 Å². The maximum absolute atomic E-state index is 9.96. The Morgan fingerprint density at radius 3 is 2.55 bits per heavy atom. The highest BCUT2D eigenvalue weighted by atomic mass is 16.1. The Kier molecular flexibility index (Phi) is 6.48. The Labute approximate surface area is 66.8 Å². The monoisotopic (exact) mass is 154 g/mol. The molecule has 0 aromatic rings. The van der Waals surface area contributed by atoms with E-state index in [1.165, 1.54) is 6.21 Å². The Bertz CT molecular complexity index is 143. The number of unbranched alkanes of at least 4 members (excludes halogenated alkanes) is 3. The van der Waals surface area contributed by atoms with Gasteiger partial charge in [-0.15, -0.1) is 0 Å².